The van der Waals surface area contributed by atoms with Gasteiger partial charge in [-0.15, -0.1) is 0 Å². The lowest BCUT2D eigenvalue weighted by Crippen LogP contribution is -2.16. The molecule has 22 heavy (non-hydrogen) atoms. The summed E-state index contributed by atoms with van der Waals surface area (Å²) in [7, 11) is 0. The Hall–Kier alpha value is -1.02. The van der Waals surface area contributed by atoms with Gasteiger partial charge in [0.1, 0.15) is 5.75 Å². The molecule has 0 bridgehead atoms. The smallest absolute Gasteiger partial charge is 0.123 e. The van der Waals surface area contributed by atoms with Crippen molar-refractivity contribution in [2.75, 3.05) is 13.2 Å². The average molecular weight is 306 g/mol. The van der Waals surface area contributed by atoms with Crippen LogP contribution in [0.15, 0.2) is 18.2 Å². The molecule has 1 atom stereocenters. The van der Waals surface area contributed by atoms with Crippen LogP contribution < -0.4 is 10.5 Å². The van der Waals surface area contributed by atoms with Gasteiger partial charge in [0.15, 0.2) is 0 Å². The third-order valence-electron chi connectivity index (χ3n) is 4.10. The van der Waals surface area contributed by atoms with Gasteiger partial charge < -0.3 is 10.5 Å². The highest BCUT2D eigenvalue weighted by Gasteiger charge is 2.21. The zero-order chi connectivity index (χ0) is 16.8. The molecule has 1 unspecified atom stereocenters. The second-order valence-corrected chi connectivity index (χ2v) is 7.75. The minimum absolute atomic E-state index is 0.0917. The molecule has 0 spiro atoms. The maximum absolute atomic E-state index is 6.05. The molecule has 0 radical (unpaired) electrons. The number of nitrogens with two attached hydrogens (primary N) is 1. The van der Waals surface area contributed by atoms with Crippen LogP contribution in [0.3, 0.4) is 0 Å². The number of hydrogen-bond donors (Lipinski definition) is 1. The van der Waals surface area contributed by atoms with Gasteiger partial charge in [-0.25, -0.2) is 0 Å². The zero-order valence-corrected chi connectivity index (χ0v) is 15.4. The van der Waals surface area contributed by atoms with Crippen LogP contribution in [-0.4, -0.2) is 13.2 Å². The van der Waals surface area contributed by atoms with Crippen LogP contribution in [0.25, 0.3) is 0 Å². The van der Waals surface area contributed by atoms with Crippen molar-refractivity contribution >= 4 is 0 Å². The summed E-state index contributed by atoms with van der Waals surface area (Å²) >= 11 is 0. The predicted octanol–water partition coefficient (Wildman–Crippen LogP) is 5.25. The number of hydrogen-bond acceptors (Lipinski definition) is 2. The van der Waals surface area contributed by atoms with Gasteiger partial charge in [-0.3, -0.25) is 0 Å². The van der Waals surface area contributed by atoms with E-state index in [1.165, 1.54) is 17.5 Å². The molecule has 1 aromatic rings. The summed E-state index contributed by atoms with van der Waals surface area (Å²) in [6, 6.07) is 6.78. The van der Waals surface area contributed by atoms with Gasteiger partial charge >= 0.3 is 0 Å². The summed E-state index contributed by atoms with van der Waals surface area (Å²) in [5, 5.41) is 0. The van der Waals surface area contributed by atoms with Crippen molar-refractivity contribution in [3.63, 3.8) is 0 Å². The van der Waals surface area contributed by atoms with Crippen molar-refractivity contribution in [3.8, 4) is 5.75 Å². The quantitative estimate of drug-likeness (QED) is 0.711. The number of ether oxygens (including phenoxy) is 1. The van der Waals surface area contributed by atoms with E-state index in [4.69, 9.17) is 10.5 Å². The molecule has 2 N–H and O–H groups in total. The van der Waals surface area contributed by atoms with E-state index in [1.54, 1.807) is 0 Å². The van der Waals surface area contributed by atoms with E-state index >= 15 is 0 Å². The van der Waals surface area contributed by atoms with Gasteiger partial charge in [-0.1, -0.05) is 53.7 Å². The fourth-order valence-corrected chi connectivity index (χ4v) is 2.74. The van der Waals surface area contributed by atoms with Crippen LogP contribution in [0.4, 0.5) is 0 Å². The normalized spacial score (nSPS) is 13.5. The minimum Gasteiger partial charge on any atom is -0.493 e. The highest BCUT2D eigenvalue weighted by molar-refractivity contribution is 5.42. The highest BCUT2D eigenvalue weighted by atomic mass is 16.5. The third-order valence-corrected chi connectivity index (χ3v) is 4.10. The zero-order valence-electron chi connectivity index (χ0n) is 15.4. The molecule has 126 valence electrons. The molecule has 0 fully saturated rings. The molecule has 0 aromatic heterocycles. The van der Waals surface area contributed by atoms with Crippen LogP contribution in [0.5, 0.6) is 5.75 Å². The van der Waals surface area contributed by atoms with Gasteiger partial charge in [0, 0.05) is 0 Å². The van der Waals surface area contributed by atoms with E-state index in [0.717, 1.165) is 31.7 Å². The summed E-state index contributed by atoms with van der Waals surface area (Å²) < 4.78 is 6.05. The van der Waals surface area contributed by atoms with Crippen molar-refractivity contribution in [2.45, 2.75) is 72.1 Å². The van der Waals surface area contributed by atoms with Crippen molar-refractivity contribution in [2.24, 2.45) is 11.7 Å². The first-order valence-electron chi connectivity index (χ1n) is 8.76. The largest absolute Gasteiger partial charge is 0.493 e. The molecule has 0 aliphatic heterocycles. The Balaban J connectivity index is 3.08. The molecular formula is C20H35NO. The van der Waals surface area contributed by atoms with Crippen molar-refractivity contribution in [1.82, 2.24) is 0 Å². The van der Waals surface area contributed by atoms with Crippen LogP contribution in [0.1, 0.15) is 77.8 Å². The molecule has 0 aliphatic rings. The fourth-order valence-electron chi connectivity index (χ4n) is 2.74. The highest BCUT2D eigenvalue weighted by Crippen LogP contribution is 2.36. The second kappa shape index (κ2) is 8.57. The lowest BCUT2D eigenvalue weighted by atomic mass is 9.82. The maximum Gasteiger partial charge on any atom is 0.123 e. The van der Waals surface area contributed by atoms with Crippen LogP contribution >= 0.6 is 0 Å². The average Bonchev–Trinajstić information content (AvgIpc) is 2.45. The van der Waals surface area contributed by atoms with Crippen molar-refractivity contribution in [1.29, 1.82) is 0 Å². The third kappa shape index (κ3) is 5.64. The standard InChI is InChI=1S/C20H35NO/c1-7-16(9-8-12-21)17-10-11-19(22-14-15(2)3)18(13-17)20(4,5)6/h10-11,13,15-16H,7-9,12,14,21H2,1-6H3. The lowest BCUT2D eigenvalue weighted by Gasteiger charge is -2.26. The minimum atomic E-state index is 0.0917. The summed E-state index contributed by atoms with van der Waals surface area (Å²) in [6.45, 7) is 15.0. The molecule has 1 rings (SSSR count). The van der Waals surface area contributed by atoms with E-state index < -0.39 is 0 Å². The first-order valence-corrected chi connectivity index (χ1v) is 8.76. The first-order chi connectivity index (χ1) is 10.3. The summed E-state index contributed by atoms with van der Waals surface area (Å²) in [4.78, 5) is 0. The topological polar surface area (TPSA) is 35.2 Å². The SMILES string of the molecule is CCC(CCCN)c1ccc(OCC(C)C)c(C(C)(C)C)c1. The van der Waals surface area contributed by atoms with Crippen molar-refractivity contribution in [3.05, 3.63) is 29.3 Å². The molecule has 2 heteroatoms. The summed E-state index contributed by atoms with van der Waals surface area (Å²) in [5.41, 5.74) is 8.52. The Morgan fingerprint density at radius 1 is 1.18 bits per heavy atom. The Morgan fingerprint density at radius 2 is 1.86 bits per heavy atom. The Bertz CT molecular complexity index is 446. The van der Waals surface area contributed by atoms with Crippen LogP contribution in [-0.2, 0) is 5.41 Å². The van der Waals surface area contributed by atoms with E-state index in [0.29, 0.717) is 11.8 Å². The van der Waals surface area contributed by atoms with Gasteiger partial charge in [0.05, 0.1) is 6.61 Å². The summed E-state index contributed by atoms with van der Waals surface area (Å²) in [5.74, 6) is 2.18. The fraction of sp³-hybridized carbons (Fsp3) is 0.700. The van der Waals surface area contributed by atoms with Crippen LogP contribution in [0.2, 0.25) is 0 Å². The molecule has 0 amide bonds. The maximum atomic E-state index is 6.05. The Morgan fingerprint density at radius 3 is 2.36 bits per heavy atom. The molecule has 0 saturated heterocycles. The van der Waals surface area contributed by atoms with Gasteiger partial charge in [0.25, 0.3) is 0 Å². The summed E-state index contributed by atoms with van der Waals surface area (Å²) in [6.07, 6.45) is 3.42. The molecule has 2 nitrogen and oxygen atoms in total. The van der Waals surface area contributed by atoms with E-state index in [-0.39, 0.29) is 5.41 Å². The van der Waals surface area contributed by atoms with Gasteiger partial charge in [-0.2, -0.15) is 0 Å². The number of rotatable bonds is 8. The first kappa shape index (κ1) is 19.0. The Kier molecular flexibility index (Phi) is 7.41. The van der Waals surface area contributed by atoms with E-state index in [1.807, 2.05) is 0 Å². The molecular weight excluding hydrogens is 270 g/mol. The predicted molar refractivity (Wildman–Crippen MR) is 96.8 cm³/mol. The Labute approximate surface area is 137 Å². The lowest BCUT2D eigenvalue weighted by molar-refractivity contribution is 0.264. The number of benzene rings is 1. The molecule has 1 aromatic carbocycles. The van der Waals surface area contributed by atoms with Gasteiger partial charge in [-0.05, 0) is 60.3 Å². The molecule has 0 aliphatic carbocycles. The van der Waals surface area contributed by atoms with Gasteiger partial charge in [0.2, 0.25) is 0 Å². The monoisotopic (exact) mass is 305 g/mol. The van der Waals surface area contributed by atoms with E-state index in [9.17, 15) is 0 Å². The second-order valence-electron chi connectivity index (χ2n) is 7.75. The van der Waals surface area contributed by atoms with Crippen LogP contribution in [0, 0.1) is 5.92 Å². The molecule has 0 saturated carbocycles. The van der Waals surface area contributed by atoms with E-state index in [2.05, 4.69) is 59.7 Å². The van der Waals surface area contributed by atoms with Crippen molar-refractivity contribution < 1.29 is 4.74 Å². The molecule has 0 heterocycles.